The van der Waals surface area contributed by atoms with Crippen LogP contribution in [-0.2, 0) is 4.74 Å². The third kappa shape index (κ3) is 4.63. The van der Waals surface area contributed by atoms with Crippen molar-refractivity contribution in [3.05, 3.63) is 47.0 Å². The fraction of sp³-hybridized carbons (Fsp3) is 0.593. The van der Waals surface area contributed by atoms with Crippen LogP contribution in [0.4, 0.5) is 8.78 Å². The van der Waals surface area contributed by atoms with Crippen molar-refractivity contribution in [2.24, 2.45) is 17.8 Å². The van der Waals surface area contributed by atoms with Gasteiger partial charge in [-0.2, -0.15) is 0 Å². The number of carbonyl (C=O) groups is 1. The highest BCUT2D eigenvalue weighted by Crippen LogP contribution is 2.49. The molecule has 168 valence electrons. The Hall–Kier alpha value is -1.97. The molecule has 2 fully saturated rings. The van der Waals surface area contributed by atoms with Crippen LogP contribution in [0, 0.1) is 29.4 Å². The van der Waals surface area contributed by atoms with Crippen molar-refractivity contribution in [3.63, 3.8) is 0 Å². The van der Waals surface area contributed by atoms with E-state index < -0.39 is 17.6 Å². The van der Waals surface area contributed by atoms with Gasteiger partial charge in [-0.05, 0) is 78.9 Å². The molecule has 0 saturated heterocycles. The summed E-state index contributed by atoms with van der Waals surface area (Å²) in [5.74, 6) is 0.708. The fourth-order valence-corrected chi connectivity index (χ4v) is 6.15. The lowest BCUT2D eigenvalue weighted by atomic mass is 9.63. The monoisotopic (exact) mass is 428 g/mol. The Bertz CT molecular complexity index is 938. The number of methoxy groups -OCH3 is 1. The maximum Gasteiger partial charge on any atom is 0.337 e. The number of hydrogen-bond acceptors (Lipinski definition) is 2. The van der Waals surface area contributed by atoms with Gasteiger partial charge in [0.05, 0.1) is 18.1 Å². The van der Waals surface area contributed by atoms with E-state index in [1.807, 2.05) is 0 Å². The standard InChI is InChI=1S/C27H34F2O2/c1-3-4-5-6-17-7-8-19-14-20(10-9-18(19)13-17)23-12-11-21-15-22(27(30)31-2)16-24(28)25(21)26(23)29/h11-12,15-20H,3-10,13-14H2,1-2H3. The molecule has 2 aromatic rings. The number of rotatable bonds is 6. The van der Waals surface area contributed by atoms with Gasteiger partial charge in [0.1, 0.15) is 11.6 Å². The van der Waals surface area contributed by atoms with Gasteiger partial charge in [-0.3, -0.25) is 0 Å². The zero-order chi connectivity index (χ0) is 22.0. The fourth-order valence-electron chi connectivity index (χ4n) is 6.15. The van der Waals surface area contributed by atoms with E-state index in [-0.39, 0.29) is 16.9 Å². The van der Waals surface area contributed by atoms with Crippen LogP contribution in [0.5, 0.6) is 0 Å². The molecule has 0 bridgehead atoms. The third-order valence-electron chi connectivity index (χ3n) is 7.83. The summed E-state index contributed by atoms with van der Waals surface area (Å²) < 4.78 is 34.8. The molecular weight excluding hydrogens is 394 g/mol. The highest BCUT2D eigenvalue weighted by Gasteiger charge is 2.36. The molecule has 31 heavy (non-hydrogen) atoms. The predicted molar refractivity (Wildman–Crippen MR) is 120 cm³/mol. The minimum absolute atomic E-state index is 0.00749. The largest absolute Gasteiger partial charge is 0.465 e. The first-order chi connectivity index (χ1) is 15.0. The Kier molecular flexibility index (Phi) is 6.93. The number of benzene rings is 2. The average molecular weight is 429 g/mol. The van der Waals surface area contributed by atoms with Gasteiger partial charge in [0.2, 0.25) is 0 Å². The Balaban J connectivity index is 1.50. The SMILES string of the molecule is CCCCCC1CCC2CC(c3ccc4cc(C(=O)OC)cc(F)c4c3F)CCC2C1. The van der Waals surface area contributed by atoms with E-state index >= 15 is 4.39 Å². The maximum absolute atomic E-state index is 15.4. The summed E-state index contributed by atoms with van der Waals surface area (Å²) in [7, 11) is 1.25. The molecule has 2 saturated carbocycles. The van der Waals surface area contributed by atoms with E-state index in [0.717, 1.165) is 37.2 Å². The van der Waals surface area contributed by atoms with Gasteiger partial charge < -0.3 is 4.74 Å². The number of ether oxygens (including phenoxy) is 1. The molecule has 4 unspecified atom stereocenters. The van der Waals surface area contributed by atoms with Crippen molar-refractivity contribution in [1.29, 1.82) is 0 Å². The molecule has 0 radical (unpaired) electrons. The van der Waals surface area contributed by atoms with Crippen molar-refractivity contribution in [2.45, 2.75) is 77.0 Å². The number of esters is 1. The van der Waals surface area contributed by atoms with Crippen LogP contribution in [0.15, 0.2) is 24.3 Å². The molecule has 2 aliphatic rings. The van der Waals surface area contributed by atoms with E-state index in [2.05, 4.69) is 11.7 Å². The highest BCUT2D eigenvalue weighted by molar-refractivity contribution is 5.96. The van der Waals surface area contributed by atoms with Gasteiger partial charge in [-0.25, -0.2) is 13.6 Å². The van der Waals surface area contributed by atoms with Crippen LogP contribution < -0.4 is 0 Å². The van der Waals surface area contributed by atoms with Crippen molar-refractivity contribution in [1.82, 2.24) is 0 Å². The lowest BCUT2D eigenvalue weighted by Crippen LogP contribution is -2.30. The summed E-state index contributed by atoms with van der Waals surface area (Å²) in [5, 5.41) is 0.398. The Labute approximate surface area is 184 Å². The first-order valence-electron chi connectivity index (χ1n) is 12.0. The quantitative estimate of drug-likeness (QED) is 0.347. The number of halogens is 2. The van der Waals surface area contributed by atoms with Crippen molar-refractivity contribution >= 4 is 16.7 Å². The second kappa shape index (κ2) is 9.67. The van der Waals surface area contributed by atoms with Gasteiger partial charge in [0, 0.05) is 0 Å². The minimum Gasteiger partial charge on any atom is -0.465 e. The van der Waals surface area contributed by atoms with E-state index in [9.17, 15) is 9.18 Å². The van der Waals surface area contributed by atoms with Crippen molar-refractivity contribution in [3.8, 4) is 0 Å². The summed E-state index contributed by atoms with van der Waals surface area (Å²) >= 11 is 0. The first kappa shape index (κ1) is 22.2. The minimum atomic E-state index is -0.696. The lowest BCUT2D eigenvalue weighted by Gasteiger charge is -2.42. The molecule has 2 aliphatic carbocycles. The van der Waals surface area contributed by atoms with Gasteiger partial charge in [0.15, 0.2) is 0 Å². The zero-order valence-electron chi connectivity index (χ0n) is 18.8. The second-order valence-corrected chi connectivity index (χ2v) is 9.72. The molecule has 0 heterocycles. The molecule has 0 aromatic heterocycles. The summed E-state index contributed by atoms with van der Waals surface area (Å²) in [6, 6.07) is 6.14. The van der Waals surface area contributed by atoms with E-state index in [0.29, 0.717) is 16.9 Å². The number of unbranched alkanes of at least 4 members (excludes halogenated alkanes) is 2. The maximum atomic E-state index is 15.4. The van der Waals surface area contributed by atoms with Crippen molar-refractivity contribution in [2.75, 3.05) is 7.11 Å². The second-order valence-electron chi connectivity index (χ2n) is 9.72. The zero-order valence-corrected chi connectivity index (χ0v) is 18.8. The van der Waals surface area contributed by atoms with Crippen LogP contribution in [-0.4, -0.2) is 13.1 Å². The molecule has 4 heteroatoms. The lowest BCUT2D eigenvalue weighted by molar-refractivity contribution is 0.0600. The molecule has 4 atom stereocenters. The summed E-state index contributed by atoms with van der Waals surface area (Å²) in [5.41, 5.74) is 0.747. The molecule has 0 aliphatic heterocycles. The summed E-state index contributed by atoms with van der Waals surface area (Å²) in [6.45, 7) is 2.26. The average Bonchev–Trinajstić information content (AvgIpc) is 2.78. The number of fused-ring (bicyclic) bond motifs is 2. The normalized spacial score (nSPS) is 25.9. The smallest absolute Gasteiger partial charge is 0.337 e. The molecule has 2 nitrogen and oxygen atoms in total. The van der Waals surface area contributed by atoms with Crippen LogP contribution in [0.3, 0.4) is 0 Å². The third-order valence-corrected chi connectivity index (χ3v) is 7.83. The van der Waals surface area contributed by atoms with Crippen molar-refractivity contribution < 1.29 is 18.3 Å². The molecule has 2 aromatic carbocycles. The van der Waals surface area contributed by atoms with Crippen LogP contribution in [0.25, 0.3) is 10.8 Å². The summed E-state index contributed by atoms with van der Waals surface area (Å²) in [6.07, 6.45) is 12.4. The van der Waals surface area contributed by atoms with E-state index in [1.54, 1.807) is 12.1 Å². The van der Waals surface area contributed by atoms with Gasteiger partial charge in [-0.1, -0.05) is 51.2 Å². The molecule has 4 rings (SSSR count). The van der Waals surface area contributed by atoms with E-state index in [1.165, 1.54) is 58.1 Å². The number of carbonyl (C=O) groups excluding carboxylic acids is 1. The Morgan fingerprint density at radius 3 is 2.58 bits per heavy atom. The van der Waals surface area contributed by atoms with Gasteiger partial charge >= 0.3 is 5.97 Å². The van der Waals surface area contributed by atoms with Crippen LogP contribution >= 0.6 is 0 Å². The Morgan fingerprint density at radius 1 is 1.03 bits per heavy atom. The highest BCUT2D eigenvalue weighted by atomic mass is 19.1. The van der Waals surface area contributed by atoms with Gasteiger partial charge in [0.25, 0.3) is 0 Å². The topological polar surface area (TPSA) is 26.3 Å². The molecule has 0 amide bonds. The van der Waals surface area contributed by atoms with E-state index in [4.69, 9.17) is 0 Å². The molecule has 0 N–H and O–H groups in total. The van der Waals surface area contributed by atoms with Crippen LogP contribution in [0.2, 0.25) is 0 Å². The predicted octanol–water partition coefficient (Wildman–Crippen LogP) is 7.78. The molecule has 0 spiro atoms. The van der Waals surface area contributed by atoms with Gasteiger partial charge in [-0.15, -0.1) is 0 Å². The first-order valence-corrected chi connectivity index (χ1v) is 12.0. The summed E-state index contributed by atoms with van der Waals surface area (Å²) in [4.78, 5) is 11.8. The van der Waals surface area contributed by atoms with Crippen LogP contribution in [0.1, 0.15) is 93.0 Å². The number of hydrogen-bond donors (Lipinski definition) is 0. The Morgan fingerprint density at radius 2 is 1.81 bits per heavy atom. The molecular formula is C27H34F2O2.